The summed E-state index contributed by atoms with van der Waals surface area (Å²) in [6.07, 6.45) is 1.13. The number of hydrogen-bond acceptors (Lipinski definition) is 4. The van der Waals surface area contributed by atoms with E-state index in [1.807, 2.05) is 17.8 Å². The van der Waals surface area contributed by atoms with Crippen molar-refractivity contribution < 1.29 is 8.81 Å². The molecule has 1 saturated heterocycles. The standard InChI is InChI=1S/C13H15FN2OS/c14-10-1-2-11-9(5-10)6-12(17-11)13(16-15)8-3-4-18-7-8/h1-2,5-6,8,13,16H,3-4,7,15H2. The van der Waals surface area contributed by atoms with Crippen molar-refractivity contribution in [2.24, 2.45) is 11.8 Å². The fraction of sp³-hybridized carbons (Fsp3) is 0.385. The Kier molecular flexibility index (Phi) is 3.28. The fourth-order valence-electron chi connectivity index (χ4n) is 2.45. The molecule has 1 fully saturated rings. The maximum Gasteiger partial charge on any atom is 0.134 e. The molecule has 1 aromatic carbocycles. The molecule has 2 atom stereocenters. The van der Waals surface area contributed by atoms with Gasteiger partial charge in [-0.3, -0.25) is 5.84 Å². The minimum absolute atomic E-state index is 0.00969. The van der Waals surface area contributed by atoms with Crippen molar-refractivity contribution in [3.05, 3.63) is 35.8 Å². The van der Waals surface area contributed by atoms with Crippen molar-refractivity contribution in [1.29, 1.82) is 0 Å². The highest BCUT2D eigenvalue weighted by molar-refractivity contribution is 7.99. The van der Waals surface area contributed by atoms with Gasteiger partial charge in [-0.05, 0) is 48.1 Å². The summed E-state index contributed by atoms with van der Waals surface area (Å²) in [5.41, 5.74) is 3.54. The summed E-state index contributed by atoms with van der Waals surface area (Å²) in [7, 11) is 0. The molecule has 0 amide bonds. The zero-order valence-corrected chi connectivity index (χ0v) is 10.7. The predicted molar refractivity (Wildman–Crippen MR) is 71.7 cm³/mol. The zero-order valence-electron chi connectivity index (χ0n) is 9.86. The van der Waals surface area contributed by atoms with Crippen LogP contribution >= 0.6 is 11.8 Å². The third-order valence-corrected chi connectivity index (χ3v) is 4.61. The van der Waals surface area contributed by atoms with Gasteiger partial charge in [0.25, 0.3) is 0 Å². The van der Waals surface area contributed by atoms with Crippen LogP contribution in [0.25, 0.3) is 11.0 Å². The first kappa shape index (κ1) is 12.0. The Morgan fingerprint density at radius 2 is 2.33 bits per heavy atom. The maximum atomic E-state index is 13.1. The maximum absolute atomic E-state index is 13.1. The third kappa shape index (κ3) is 2.13. The van der Waals surface area contributed by atoms with Crippen molar-refractivity contribution in [2.75, 3.05) is 11.5 Å². The van der Waals surface area contributed by atoms with E-state index in [0.29, 0.717) is 11.5 Å². The van der Waals surface area contributed by atoms with Gasteiger partial charge in [0.05, 0.1) is 6.04 Å². The molecule has 18 heavy (non-hydrogen) atoms. The fourth-order valence-corrected chi connectivity index (χ4v) is 3.75. The van der Waals surface area contributed by atoms with Crippen molar-refractivity contribution in [3.8, 4) is 0 Å². The van der Waals surface area contributed by atoms with Gasteiger partial charge in [-0.2, -0.15) is 11.8 Å². The Labute approximate surface area is 109 Å². The van der Waals surface area contributed by atoms with Gasteiger partial charge in [-0.1, -0.05) is 0 Å². The second-order valence-corrected chi connectivity index (χ2v) is 5.75. The first-order chi connectivity index (χ1) is 8.78. The van der Waals surface area contributed by atoms with Gasteiger partial charge in [-0.15, -0.1) is 0 Å². The lowest BCUT2D eigenvalue weighted by Crippen LogP contribution is -2.33. The number of hydrogen-bond donors (Lipinski definition) is 2. The van der Waals surface area contributed by atoms with Crippen molar-refractivity contribution in [3.63, 3.8) is 0 Å². The average molecular weight is 266 g/mol. The Morgan fingerprint density at radius 1 is 1.44 bits per heavy atom. The molecule has 2 unspecified atom stereocenters. The summed E-state index contributed by atoms with van der Waals surface area (Å²) in [5, 5.41) is 0.788. The summed E-state index contributed by atoms with van der Waals surface area (Å²) in [4.78, 5) is 0. The van der Waals surface area contributed by atoms with E-state index in [0.717, 1.165) is 29.1 Å². The second-order valence-electron chi connectivity index (χ2n) is 4.60. The lowest BCUT2D eigenvalue weighted by atomic mass is 9.97. The molecule has 3 N–H and O–H groups in total. The highest BCUT2D eigenvalue weighted by atomic mass is 32.2. The van der Waals surface area contributed by atoms with E-state index < -0.39 is 0 Å². The highest BCUT2D eigenvalue weighted by Crippen LogP contribution is 2.35. The summed E-state index contributed by atoms with van der Waals surface area (Å²) >= 11 is 1.93. The predicted octanol–water partition coefficient (Wildman–Crippen LogP) is 2.83. The van der Waals surface area contributed by atoms with Crippen molar-refractivity contribution in [1.82, 2.24) is 5.43 Å². The van der Waals surface area contributed by atoms with Gasteiger partial charge in [0.1, 0.15) is 17.2 Å². The quantitative estimate of drug-likeness (QED) is 0.662. The molecular weight excluding hydrogens is 251 g/mol. The molecule has 3 rings (SSSR count). The molecule has 96 valence electrons. The SMILES string of the molecule is NNC(c1cc2cc(F)ccc2o1)C1CCSC1. The number of halogens is 1. The van der Waals surface area contributed by atoms with E-state index >= 15 is 0 Å². The van der Waals surface area contributed by atoms with Crippen molar-refractivity contribution >= 4 is 22.7 Å². The van der Waals surface area contributed by atoms with Gasteiger partial charge in [0, 0.05) is 5.39 Å². The van der Waals surface area contributed by atoms with Crippen LogP contribution in [0.1, 0.15) is 18.2 Å². The smallest absolute Gasteiger partial charge is 0.134 e. The Hall–Kier alpha value is -1.04. The highest BCUT2D eigenvalue weighted by Gasteiger charge is 2.28. The molecule has 1 aliphatic heterocycles. The molecule has 0 saturated carbocycles. The summed E-state index contributed by atoms with van der Waals surface area (Å²) in [6.45, 7) is 0. The molecule has 2 heterocycles. The zero-order chi connectivity index (χ0) is 12.5. The van der Waals surface area contributed by atoms with E-state index in [2.05, 4.69) is 5.43 Å². The largest absolute Gasteiger partial charge is 0.459 e. The normalized spacial score (nSPS) is 21.6. The number of nitrogens with two attached hydrogens (primary N) is 1. The van der Waals surface area contributed by atoms with Crippen LogP contribution in [-0.2, 0) is 0 Å². The summed E-state index contributed by atoms with van der Waals surface area (Å²) < 4.78 is 18.9. The first-order valence-corrected chi connectivity index (χ1v) is 7.16. The monoisotopic (exact) mass is 266 g/mol. The van der Waals surface area contributed by atoms with Crippen LogP contribution in [-0.4, -0.2) is 11.5 Å². The van der Waals surface area contributed by atoms with E-state index in [1.165, 1.54) is 12.1 Å². The van der Waals surface area contributed by atoms with Crippen LogP contribution in [0.4, 0.5) is 4.39 Å². The number of thioether (sulfide) groups is 1. The number of furan rings is 1. The summed E-state index contributed by atoms with van der Waals surface area (Å²) in [6, 6.07) is 6.44. The van der Waals surface area contributed by atoms with Gasteiger partial charge in [0.15, 0.2) is 0 Å². The first-order valence-electron chi connectivity index (χ1n) is 6.01. The molecule has 5 heteroatoms. The molecule has 0 spiro atoms. The third-order valence-electron chi connectivity index (χ3n) is 3.42. The second kappa shape index (κ2) is 4.91. The lowest BCUT2D eigenvalue weighted by molar-refractivity contribution is 0.342. The molecule has 0 bridgehead atoms. The molecule has 1 aliphatic rings. The van der Waals surface area contributed by atoms with Crippen LogP contribution in [0.15, 0.2) is 28.7 Å². The van der Waals surface area contributed by atoms with Gasteiger partial charge in [-0.25, -0.2) is 9.82 Å². The molecule has 2 aromatic rings. The molecule has 1 aromatic heterocycles. The number of rotatable bonds is 3. The van der Waals surface area contributed by atoms with Crippen LogP contribution in [0.5, 0.6) is 0 Å². The number of hydrazine groups is 1. The van der Waals surface area contributed by atoms with Gasteiger partial charge in [0.2, 0.25) is 0 Å². The number of benzene rings is 1. The molecule has 0 aliphatic carbocycles. The van der Waals surface area contributed by atoms with Gasteiger partial charge < -0.3 is 4.42 Å². The topological polar surface area (TPSA) is 51.2 Å². The van der Waals surface area contributed by atoms with E-state index in [-0.39, 0.29) is 11.9 Å². The van der Waals surface area contributed by atoms with Crippen LogP contribution in [0.2, 0.25) is 0 Å². The Bertz CT molecular complexity index is 551. The van der Waals surface area contributed by atoms with Crippen molar-refractivity contribution in [2.45, 2.75) is 12.5 Å². The number of nitrogens with one attached hydrogen (secondary N) is 1. The van der Waals surface area contributed by atoms with Gasteiger partial charge >= 0.3 is 0 Å². The molecular formula is C13H15FN2OS. The van der Waals surface area contributed by atoms with Crippen LogP contribution in [0.3, 0.4) is 0 Å². The minimum Gasteiger partial charge on any atom is -0.459 e. The van der Waals surface area contributed by atoms with E-state index in [4.69, 9.17) is 10.3 Å². The minimum atomic E-state index is -0.247. The van der Waals surface area contributed by atoms with Crippen LogP contribution in [0, 0.1) is 11.7 Å². The Balaban J connectivity index is 1.96. The Morgan fingerprint density at radius 3 is 3.06 bits per heavy atom. The lowest BCUT2D eigenvalue weighted by Gasteiger charge is -2.19. The van der Waals surface area contributed by atoms with E-state index in [9.17, 15) is 4.39 Å². The molecule has 3 nitrogen and oxygen atoms in total. The average Bonchev–Trinajstić information content (AvgIpc) is 2.98. The molecule has 0 radical (unpaired) electrons. The van der Waals surface area contributed by atoms with Crippen LogP contribution < -0.4 is 11.3 Å². The number of fused-ring (bicyclic) bond motifs is 1. The summed E-state index contributed by atoms with van der Waals surface area (Å²) in [5.74, 6) is 8.92. The van der Waals surface area contributed by atoms with E-state index in [1.54, 1.807) is 6.07 Å².